The Labute approximate surface area is 113 Å². The minimum absolute atomic E-state index is 0.137. The Kier molecular flexibility index (Phi) is 4.70. The van der Waals surface area contributed by atoms with Crippen molar-refractivity contribution in [3.05, 3.63) is 66.2 Å². The molecule has 98 valence electrons. The molecule has 0 aromatic heterocycles. The van der Waals surface area contributed by atoms with Gasteiger partial charge < -0.3 is 10.1 Å². The van der Waals surface area contributed by atoms with Gasteiger partial charge in [-0.15, -0.1) is 0 Å². The smallest absolute Gasteiger partial charge is 0.253 e. The lowest BCUT2D eigenvalue weighted by molar-refractivity contribution is -0.127. The minimum Gasteiger partial charge on any atom is -0.364 e. The molecule has 0 radical (unpaired) electrons. The van der Waals surface area contributed by atoms with Crippen molar-refractivity contribution in [1.82, 2.24) is 0 Å². The van der Waals surface area contributed by atoms with Crippen LogP contribution in [0.4, 0.5) is 5.69 Å². The lowest BCUT2D eigenvalue weighted by Crippen LogP contribution is -2.27. The normalized spacial score (nSPS) is 11.8. The van der Waals surface area contributed by atoms with E-state index < -0.39 is 6.10 Å². The van der Waals surface area contributed by atoms with E-state index in [0.29, 0.717) is 6.61 Å². The van der Waals surface area contributed by atoms with Crippen molar-refractivity contribution in [2.24, 2.45) is 0 Å². The summed E-state index contributed by atoms with van der Waals surface area (Å²) in [6, 6.07) is 19.2. The van der Waals surface area contributed by atoms with Gasteiger partial charge >= 0.3 is 0 Å². The van der Waals surface area contributed by atoms with Gasteiger partial charge in [0.2, 0.25) is 0 Å². The first-order valence-corrected chi connectivity index (χ1v) is 6.27. The number of hydrogen-bond acceptors (Lipinski definition) is 2. The van der Waals surface area contributed by atoms with Crippen LogP contribution in [0.2, 0.25) is 0 Å². The third-order valence-corrected chi connectivity index (χ3v) is 2.75. The molecule has 0 saturated heterocycles. The maximum absolute atomic E-state index is 11.9. The number of hydrogen-bond donors (Lipinski definition) is 1. The molecule has 3 heteroatoms. The predicted octanol–water partition coefficient (Wildman–Crippen LogP) is 3.23. The van der Waals surface area contributed by atoms with Crippen LogP contribution in [-0.4, -0.2) is 12.0 Å². The number of benzene rings is 2. The van der Waals surface area contributed by atoms with E-state index in [1.807, 2.05) is 60.7 Å². The molecule has 3 nitrogen and oxygen atoms in total. The molecule has 0 bridgehead atoms. The van der Waals surface area contributed by atoms with Crippen LogP contribution in [0.5, 0.6) is 0 Å². The summed E-state index contributed by atoms with van der Waals surface area (Å²) >= 11 is 0. The van der Waals surface area contributed by atoms with Gasteiger partial charge in [-0.3, -0.25) is 4.79 Å². The number of nitrogens with one attached hydrogen (secondary N) is 1. The molecule has 0 aliphatic carbocycles. The second-order valence-electron chi connectivity index (χ2n) is 4.29. The Balaban J connectivity index is 1.83. The van der Waals surface area contributed by atoms with Crippen molar-refractivity contribution in [1.29, 1.82) is 0 Å². The molecule has 2 aromatic rings. The molecule has 2 rings (SSSR count). The number of carbonyl (C=O) groups is 1. The molecule has 0 fully saturated rings. The summed E-state index contributed by atoms with van der Waals surface area (Å²) in [5.74, 6) is -0.137. The molecule has 0 unspecified atom stereocenters. The van der Waals surface area contributed by atoms with E-state index in [1.54, 1.807) is 6.92 Å². The second kappa shape index (κ2) is 6.71. The number of anilines is 1. The summed E-state index contributed by atoms with van der Waals surface area (Å²) in [5, 5.41) is 2.81. The Morgan fingerprint density at radius 1 is 1.05 bits per heavy atom. The van der Waals surface area contributed by atoms with E-state index in [-0.39, 0.29) is 5.91 Å². The summed E-state index contributed by atoms with van der Waals surface area (Å²) in [6.45, 7) is 2.19. The first kappa shape index (κ1) is 13.3. The van der Waals surface area contributed by atoms with Crippen molar-refractivity contribution >= 4 is 11.6 Å². The molecule has 0 spiro atoms. The summed E-state index contributed by atoms with van der Waals surface area (Å²) < 4.78 is 5.55. The van der Waals surface area contributed by atoms with E-state index in [2.05, 4.69) is 5.32 Å². The fourth-order valence-electron chi connectivity index (χ4n) is 1.64. The van der Waals surface area contributed by atoms with Crippen LogP contribution in [0.15, 0.2) is 60.7 Å². The Morgan fingerprint density at radius 3 is 2.26 bits per heavy atom. The van der Waals surface area contributed by atoms with Crippen molar-refractivity contribution in [3.63, 3.8) is 0 Å². The van der Waals surface area contributed by atoms with Crippen LogP contribution in [0, 0.1) is 0 Å². The summed E-state index contributed by atoms with van der Waals surface area (Å²) in [4.78, 5) is 11.9. The summed E-state index contributed by atoms with van der Waals surface area (Å²) in [6.07, 6.45) is -0.486. The van der Waals surface area contributed by atoms with Crippen LogP contribution in [0.25, 0.3) is 0 Å². The Hall–Kier alpha value is -2.13. The average Bonchev–Trinajstić information content (AvgIpc) is 2.47. The topological polar surface area (TPSA) is 38.3 Å². The zero-order chi connectivity index (χ0) is 13.5. The number of ether oxygens (including phenoxy) is 1. The lowest BCUT2D eigenvalue weighted by atomic mass is 10.2. The molecule has 1 atom stereocenters. The number of para-hydroxylation sites is 1. The highest BCUT2D eigenvalue weighted by atomic mass is 16.5. The maximum atomic E-state index is 11.9. The van der Waals surface area contributed by atoms with Crippen molar-refractivity contribution < 1.29 is 9.53 Å². The first-order chi connectivity index (χ1) is 9.25. The van der Waals surface area contributed by atoms with E-state index >= 15 is 0 Å². The van der Waals surface area contributed by atoms with Gasteiger partial charge in [0, 0.05) is 5.69 Å². The van der Waals surface area contributed by atoms with E-state index in [9.17, 15) is 4.79 Å². The molecular formula is C16H17NO2. The van der Waals surface area contributed by atoms with Gasteiger partial charge in [0.05, 0.1) is 6.61 Å². The Morgan fingerprint density at radius 2 is 1.63 bits per heavy atom. The highest BCUT2D eigenvalue weighted by Crippen LogP contribution is 2.08. The van der Waals surface area contributed by atoms with Crippen LogP contribution in [0.1, 0.15) is 12.5 Å². The third kappa shape index (κ3) is 4.23. The second-order valence-corrected chi connectivity index (χ2v) is 4.29. The predicted molar refractivity (Wildman–Crippen MR) is 75.8 cm³/mol. The fourth-order valence-corrected chi connectivity index (χ4v) is 1.64. The zero-order valence-electron chi connectivity index (χ0n) is 10.9. The zero-order valence-corrected chi connectivity index (χ0v) is 10.9. The molecular weight excluding hydrogens is 238 g/mol. The molecule has 0 aliphatic heterocycles. The first-order valence-electron chi connectivity index (χ1n) is 6.27. The molecule has 0 heterocycles. The molecule has 0 saturated carbocycles. The van der Waals surface area contributed by atoms with Gasteiger partial charge in [0.25, 0.3) is 5.91 Å². The number of amides is 1. The molecule has 1 N–H and O–H groups in total. The van der Waals surface area contributed by atoms with Gasteiger partial charge in [-0.1, -0.05) is 48.5 Å². The van der Waals surface area contributed by atoms with Crippen LogP contribution in [0.3, 0.4) is 0 Å². The SMILES string of the molecule is C[C@H](OCc1ccccc1)C(=O)Nc1ccccc1. The van der Waals surface area contributed by atoms with Gasteiger partial charge in [0.1, 0.15) is 6.10 Å². The average molecular weight is 255 g/mol. The highest BCUT2D eigenvalue weighted by Gasteiger charge is 2.13. The molecule has 19 heavy (non-hydrogen) atoms. The fraction of sp³-hybridized carbons (Fsp3) is 0.188. The van der Waals surface area contributed by atoms with Crippen LogP contribution in [-0.2, 0) is 16.1 Å². The van der Waals surface area contributed by atoms with E-state index in [4.69, 9.17) is 4.74 Å². The largest absolute Gasteiger partial charge is 0.364 e. The van der Waals surface area contributed by atoms with E-state index in [1.165, 1.54) is 0 Å². The van der Waals surface area contributed by atoms with Crippen LogP contribution < -0.4 is 5.32 Å². The third-order valence-electron chi connectivity index (χ3n) is 2.75. The summed E-state index contributed by atoms with van der Waals surface area (Å²) in [5.41, 5.74) is 1.84. The van der Waals surface area contributed by atoms with Gasteiger partial charge in [-0.2, -0.15) is 0 Å². The standard InChI is InChI=1S/C16H17NO2/c1-13(19-12-14-8-4-2-5-9-14)16(18)17-15-10-6-3-7-11-15/h2-11,13H,12H2,1H3,(H,17,18)/t13-/m0/s1. The highest BCUT2D eigenvalue weighted by molar-refractivity contribution is 5.93. The quantitative estimate of drug-likeness (QED) is 0.890. The van der Waals surface area contributed by atoms with Crippen LogP contribution >= 0.6 is 0 Å². The lowest BCUT2D eigenvalue weighted by Gasteiger charge is -2.13. The van der Waals surface area contributed by atoms with Gasteiger partial charge in [0.15, 0.2) is 0 Å². The van der Waals surface area contributed by atoms with Crippen molar-refractivity contribution in [2.75, 3.05) is 5.32 Å². The van der Waals surface area contributed by atoms with Gasteiger partial charge in [-0.25, -0.2) is 0 Å². The monoisotopic (exact) mass is 255 g/mol. The molecule has 0 aliphatic rings. The molecule has 1 amide bonds. The summed E-state index contributed by atoms with van der Waals surface area (Å²) in [7, 11) is 0. The number of rotatable bonds is 5. The van der Waals surface area contributed by atoms with Crippen molar-refractivity contribution in [3.8, 4) is 0 Å². The Bertz CT molecular complexity index is 511. The minimum atomic E-state index is -0.486. The number of carbonyl (C=O) groups excluding carboxylic acids is 1. The van der Waals surface area contributed by atoms with E-state index in [0.717, 1.165) is 11.3 Å². The van der Waals surface area contributed by atoms with Gasteiger partial charge in [-0.05, 0) is 24.6 Å². The molecule has 2 aromatic carbocycles. The maximum Gasteiger partial charge on any atom is 0.253 e. The van der Waals surface area contributed by atoms with Crippen molar-refractivity contribution in [2.45, 2.75) is 19.6 Å².